The van der Waals surface area contributed by atoms with Crippen LogP contribution in [0.4, 0.5) is 0 Å². The van der Waals surface area contributed by atoms with E-state index in [1.54, 1.807) is 36.0 Å². The Morgan fingerprint density at radius 1 is 1.50 bits per heavy atom. The van der Waals surface area contributed by atoms with Crippen LogP contribution in [0.3, 0.4) is 0 Å². The number of aromatic nitrogens is 2. The van der Waals surface area contributed by atoms with Gasteiger partial charge >= 0.3 is 0 Å². The summed E-state index contributed by atoms with van der Waals surface area (Å²) in [5.74, 6) is -0.0894. The average Bonchev–Trinajstić information content (AvgIpc) is 3.10. The van der Waals surface area contributed by atoms with Crippen molar-refractivity contribution in [3.05, 3.63) is 24.0 Å². The summed E-state index contributed by atoms with van der Waals surface area (Å²) in [6.45, 7) is 1.03. The maximum absolute atomic E-state index is 12.3. The van der Waals surface area contributed by atoms with Gasteiger partial charge < -0.3 is 15.0 Å². The van der Waals surface area contributed by atoms with Gasteiger partial charge in [0.2, 0.25) is 11.8 Å². The summed E-state index contributed by atoms with van der Waals surface area (Å²) >= 11 is 0. The minimum absolute atomic E-state index is 0.0269. The average molecular weight is 306 g/mol. The van der Waals surface area contributed by atoms with Crippen molar-refractivity contribution in [2.24, 2.45) is 13.0 Å². The number of amides is 2. The topological polar surface area (TPSA) is 76.5 Å². The fraction of sp³-hybridized carbons (Fsp3) is 0.533. The van der Waals surface area contributed by atoms with Crippen LogP contribution in [0.25, 0.3) is 6.08 Å². The first-order chi connectivity index (χ1) is 10.5. The van der Waals surface area contributed by atoms with E-state index in [1.807, 2.05) is 13.1 Å². The molecule has 2 rings (SSSR count). The molecule has 0 unspecified atom stereocenters. The highest BCUT2D eigenvalue weighted by molar-refractivity contribution is 5.91. The number of carbonyl (C=O) groups excluding carboxylic acids is 2. The number of likely N-dealkylation sites (tertiary alicyclic amines) is 1. The predicted octanol–water partition coefficient (Wildman–Crippen LogP) is 0.0428. The zero-order chi connectivity index (χ0) is 16.1. The van der Waals surface area contributed by atoms with Gasteiger partial charge in [-0.2, -0.15) is 5.10 Å². The molecular formula is C15H22N4O3. The lowest BCUT2D eigenvalue weighted by atomic mass is 10.0. The van der Waals surface area contributed by atoms with E-state index in [-0.39, 0.29) is 23.8 Å². The molecule has 1 aromatic heterocycles. The Hall–Kier alpha value is -2.15. The van der Waals surface area contributed by atoms with Crippen LogP contribution in [0, 0.1) is 5.92 Å². The second kappa shape index (κ2) is 7.22. The standard InChI is InChI=1S/C15H22N4O3/c1-16-14(20)8-11-9-19(10-13(11)22-3)15(21)5-4-12-6-7-17-18(12)2/h4-7,11,13H,8-10H2,1-3H3,(H,16,20)/b5-4+/t11-,13-/m0/s1. The van der Waals surface area contributed by atoms with Crippen molar-refractivity contribution in [3.8, 4) is 0 Å². The summed E-state index contributed by atoms with van der Waals surface area (Å²) in [5.41, 5.74) is 0.859. The second-order valence-electron chi connectivity index (χ2n) is 5.37. The molecule has 0 aliphatic carbocycles. The lowest BCUT2D eigenvalue weighted by Crippen LogP contribution is -2.28. The van der Waals surface area contributed by atoms with Crippen molar-refractivity contribution in [3.63, 3.8) is 0 Å². The van der Waals surface area contributed by atoms with Gasteiger partial charge in [0.1, 0.15) is 0 Å². The van der Waals surface area contributed by atoms with Crippen LogP contribution in [0.15, 0.2) is 18.3 Å². The van der Waals surface area contributed by atoms with Crippen molar-refractivity contribution in [2.75, 3.05) is 27.2 Å². The molecule has 7 heteroatoms. The van der Waals surface area contributed by atoms with Gasteiger partial charge in [-0.15, -0.1) is 0 Å². The van der Waals surface area contributed by atoms with Gasteiger partial charge in [-0.05, 0) is 12.1 Å². The molecule has 1 fully saturated rings. The van der Waals surface area contributed by atoms with Crippen LogP contribution in [0.1, 0.15) is 12.1 Å². The molecule has 1 saturated heterocycles. The van der Waals surface area contributed by atoms with Gasteiger partial charge in [-0.3, -0.25) is 14.3 Å². The molecule has 0 radical (unpaired) electrons. The molecule has 120 valence electrons. The van der Waals surface area contributed by atoms with Crippen LogP contribution in [0.5, 0.6) is 0 Å². The third kappa shape index (κ3) is 3.73. The zero-order valence-electron chi connectivity index (χ0n) is 13.2. The van der Waals surface area contributed by atoms with E-state index in [0.717, 1.165) is 5.69 Å². The summed E-state index contributed by atoms with van der Waals surface area (Å²) in [7, 11) is 5.04. The number of rotatable bonds is 5. The largest absolute Gasteiger partial charge is 0.379 e. The van der Waals surface area contributed by atoms with Gasteiger partial charge in [0, 0.05) is 58.9 Å². The van der Waals surface area contributed by atoms with Gasteiger partial charge in [0.25, 0.3) is 0 Å². The number of nitrogens with one attached hydrogen (secondary N) is 1. The first-order valence-electron chi connectivity index (χ1n) is 7.23. The van der Waals surface area contributed by atoms with Gasteiger partial charge in [0.05, 0.1) is 11.8 Å². The van der Waals surface area contributed by atoms with Crippen LogP contribution in [0.2, 0.25) is 0 Å². The summed E-state index contributed by atoms with van der Waals surface area (Å²) in [6.07, 6.45) is 5.21. The first-order valence-corrected chi connectivity index (χ1v) is 7.23. The van der Waals surface area contributed by atoms with Gasteiger partial charge in [-0.25, -0.2) is 0 Å². The quantitative estimate of drug-likeness (QED) is 0.780. The Morgan fingerprint density at radius 3 is 2.86 bits per heavy atom. The lowest BCUT2D eigenvalue weighted by molar-refractivity contribution is -0.126. The van der Waals surface area contributed by atoms with E-state index in [4.69, 9.17) is 4.74 Å². The molecule has 0 aromatic carbocycles. The van der Waals surface area contributed by atoms with Gasteiger partial charge in [-0.1, -0.05) is 0 Å². The SMILES string of the molecule is CNC(=O)C[C@H]1CN(C(=O)/C=C/c2ccnn2C)C[C@@H]1OC. The fourth-order valence-corrected chi connectivity index (χ4v) is 2.63. The van der Waals surface area contributed by atoms with E-state index in [2.05, 4.69) is 10.4 Å². The van der Waals surface area contributed by atoms with Crippen LogP contribution < -0.4 is 5.32 Å². The monoisotopic (exact) mass is 306 g/mol. The number of hydrogen-bond donors (Lipinski definition) is 1. The van der Waals surface area contributed by atoms with Crippen LogP contribution in [-0.2, 0) is 21.4 Å². The molecule has 1 aromatic rings. The highest BCUT2D eigenvalue weighted by atomic mass is 16.5. The number of hydrogen-bond acceptors (Lipinski definition) is 4. The molecule has 0 saturated carbocycles. The van der Waals surface area contributed by atoms with Crippen molar-refractivity contribution in [2.45, 2.75) is 12.5 Å². The number of aryl methyl sites for hydroxylation is 1. The predicted molar refractivity (Wildman–Crippen MR) is 81.8 cm³/mol. The first kappa shape index (κ1) is 16.2. The van der Waals surface area contributed by atoms with E-state index >= 15 is 0 Å². The Balaban J connectivity index is 1.98. The highest BCUT2D eigenvalue weighted by Gasteiger charge is 2.35. The smallest absolute Gasteiger partial charge is 0.246 e. The fourth-order valence-electron chi connectivity index (χ4n) is 2.63. The number of carbonyl (C=O) groups is 2. The van der Waals surface area contributed by atoms with E-state index in [9.17, 15) is 9.59 Å². The molecule has 7 nitrogen and oxygen atoms in total. The maximum Gasteiger partial charge on any atom is 0.246 e. The van der Waals surface area contributed by atoms with Crippen molar-refractivity contribution < 1.29 is 14.3 Å². The van der Waals surface area contributed by atoms with E-state index < -0.39 is 0 Å². The maximum atomic E-state index is 12.3. The van der Waals surface area contributed by atoms with Crippen molar-refractivity contribution in [1.29, 1.82) is 0 Å². The third-order valence-electron chi connectivity index (χ3n) is 3.98. The normalized spacial score (nSPS) is 21.5. The van der Waals surface area contributed by atoms with Crippen LogP contribution >= 0.6 is 0 Å². The number of methoxy groups -OCH3 is 1. The summed E-state index contributed by atoms with van der Waals surface area (Å²) in [4.78, 5) is 25.5. The Kier molecular flexibility index (Phi) is 5.32. The van der Waals surface area contributed by atoms with E-state index in [1.165, 1.54) is 6.08 Å². The molecular weight excluding hydrogens is 284 g/mol. The summed E-state index contributed by atoms with van der Waals surface area (Å²) in [6, 6.07) is 1.83. The van der Waals surface area contributed by atoms with Crippen molar-refractivity contribution >= 4 is 17.9 Å². The minimum Gasteiger partial charge on any atom is -0.379 e. The lowest BCUT2D eigenvalue weighted by Gasteiger charge is -2.14. The van der Waals surface area contributed by atoms with Crippen LogP contribution in [-0.4, -0.2) is 59.8 Å². The molecule has 1 N–H and O–H groups in total. The highest BCUT2D eigenvalue weighted by Crippen LogP contribution is 2.23. The van der Waals surface area contributed by atoms with Gasteiger partial charge in [0.15, 0.2) is 0 Å². The zero-order valence-corrected chi connectivity index (χ0v) is 13.2. The summed E-state index contributed by atoms with van der Waals surface area (Å²) in [5, 5.41) is 6.66. The van der Waals surface area contributed by atoms with Crippen molar-refractivity contribution in [1.82, 2.24) is 20.0 Å². The molecule has 2 heterocycles. The third-order valence-corrected chi connectivity index (χ3v) is 3.98. The Morgan fingerprint density at radius 2 is 2.27 bits per heavy atom. The number of nitrogens with zero attached hydrogens (tertiary/aromatic N) is 3. The molecule has 2 atom stereocenters. The molecule has 1 aliphatic rings. The van der Waals surface area contributed by atoms with E-state index in [0.29, 0.717) is 19.5 Å². The number of ether oxygens (including phenoxy) is 1. The molecule has 1 aliphatic heterocycles. The summed E-state index contributed by atoms with van der Waals surface area (Å²) < 4.78 is 7.10. The minimum atomic E-state index is -0.105. The molecule has 2 amide bonds. The second-order valence-corrected chi connectivity index (χ2v) is 5.37. The molecule has 0 bridgehead atoms. The Labute approximate surface area is 129 Å². The Bertz CT molecular complexity index is 567. The molecule has 22 heavy (non-hydrogen) atoms. The molecule has 0 spiro atoms.